The summed E-state index contributed by atoms with van der Waals surface area (Å²) in [6.07, 6.45) is 16.7. The van der Waals surface area contributed by atoms with Crippen molar-refractivity contribution in [3.63, 3.8) is 0 Å². The van der Waals surface area contributed by atoms with Crippen LogP contribution >= 0.6 is 7.92 Å². The maximum atomic E-state index is 7.50. The number of hydrogen-bond donors (Lipinski definition) is 0. The zero-order valence-electron chi connectivity index (χ0n) is 19.1. The molecular formula is C32H25OPRu. The van der Waals surface area contributed by atoms with Crippen molar-refractivity contribution in [1.82, 2.24) is 0 Å². The van der Waals surface area contributed by atoms with E-state index in [1.54, 1.807) is 0 Å². The summed E-state index contributed by atoms with van der Waals surface area (Å²) < 4.78 is 7.50. The molecule has 3 heteroatoms. The van der Waals surface area contributed by atoms with E-state index in [0.29, 0.717) is 0 Å². The van der Waals surface area contributed by atoms with Gasteiger partial charge in [0.15, 0.2) is 0 Å². The summed E-state index contributed by atoms with van der Waals surface area (Å²) in [4.78, 5) is 0. The summed E-state index contributed by atoms with van der Waals surface area (Å²) >= 11 is 0. The minimum atomic E-state index is -0.446. The van der Waals surface area contributed by atoms with E-state index in [-0.39, 0.29) is 19.5 Å². The Kier molecular flexibility index (Phi) is 16.9. The fourth-order valence-electron chi connectivity index (χ4n) is 3.02. The largest absolute Gasteiger partial charge is 1.00 e. The first-order valence-corrected chi connectivity index (χ1v) is 12.0. The quantitative estimate of drug-likeness (QED) is 0.0961. The van der Waals surface area contributed by atoms with Crippen LogP contribution in [0.25, 0.3) is 0 Å². The van der Waals surface area contributed by atoms with Crippen LogP contribution in [0.2, 0.25) is 0 Å². The van der Waals surface area contributed by atoms with E-state index < -0.39 is 7.92 Å². The van der Waals surface area contributed by atoms with Gasteiger partial charge in [0.25, 0.3) is 0 Å². The zero-order valence-corrected chi connectivity index (χ0v) is 21.8. The molecule has 6 radical (unpaired) electrons. The molecule has 0 saturated heterocycles. The van der Waals surface area contributed by atoms with E-state index in [4.69, 9.17) is 11.1 Å². The smallest absolute Gasteiger partial charge is 0.0622 e. The molecule has 1 aliphatic rings. The third-order valence-corrected chi connectivity index (χ3v) is 6.96. The Bertz CT molecular complexity index is 986. The Morgan fingerprint density at radius 2 is 0.714 bits per heavy atom. The predicted molar refractivity (Wildman–Crippen MR) is 143 cm³/mol. The molecule has 0 atom stereocenters. The third-order valence-electron chi connectivity index (χ3n) is 4.52. The normalized spacial score (nSPS) is 11.0. The van der Waals surface area contributed by atoms with Gasteiger partial charge in [-0.3, -0.25) is 5.92 Å². The molecule has 1 aliphatic carbocycles. The van der Waals surface area contributed by atoms with E-state index in [9.17, 15) is 0 Å². The summed E-state index contributed by atoms with van der Waals surface area (Å²) in [7, 11) is -0.446. The van der Waals surface area contributed by atoms with Crippen LogP contribution in [-0.4, -0.2) is 0 Å². The van der Waals surface area contributed by atoms with E-state index in [1.807, 2.05) is 62.4 Å². The molecule has 5 rings (SSSR count). The fraction of sp³-hybridized carbons (Fsp3) is 0. The van der Waals surface area contributed by atoms with Crippen molar-refractivity contribution in [2.45, 2.75) is 0 Å². The van der Waals surface area contributed by atoms with E-state index >= 15 is 0 Å². The van der Waals surface area contributed by atoms with Gasteiger partial charge in [0.05, 0.1) is 0 Å². The summed E-state index contributed by atoms with van der Waals surface area (Å²) in [5.74, 6) is 2.28. The number of hydrogen-bond acceptors (Lipinski definition) is 0. The van der Waals surface area contributed by atoms with Crippen molar-refractivity contribution in [3.05, 3.63) is 172 Å². The average Bonchev–Trinajstić information content (AvgIpc) is 3.53. The Morgan fingerprint density at radius 3 is 0.943 bits per heavy atom. The molecule has 0 aliphatic heterocycles. The topological polar surface area (TPSA) is 19.9 Å². The van der Waals surface area contributed by atoms with Gasteiger partial charge in [0.2, 0.25) is 0 Å². The molecule has 0 aromatic heterocycles. The summed E-state index contributed by atoms with van der Waals surface area (Å²) in [6.45, 7) is 4.50. The molecule has 1 nitrogen and oxygen atoms in total. The van der Waals surface area contributed by atoms with Crippen LogP contribution in [0.4, 0.5) is 0 Å². The van der Waals surface area contributed by atoms with Crippen LogP contribution in [0, 0.1) is 51.1 Å². The Labute approximate surface area is 225 Å². The van der Waals surface area contributed by atoms with Crippen LogP contribution in [0.3, 0.4) is 0 Å². The van der Waals surface area contributed by atoms with Crippen molar-refractivity contribution >= 4 is 23.8 Å². The Balaban J connectivity index is 0.000000316. The first-order chi connectivity index (χ1) is 16.9. The van der Waals surface area contributed by atoms with Crippen molar-refractivity contribution in [3.8, 4) is 5.92 Å². The van der Waals surface area contributed by atoms with Gasteiger partial charge in [-0.1, -0.05) is 109 Å². The van der Waals surface area contributed by atoms with E-state index in [0.717, 1.165) is 5.56 Å². The molecule has 0 N–H and O–H groups in total. The molecule has 4 aromatic rings. The van der Waals surface area contributed by atoms with Crippen molar-refractivity contribution in [2.24, 2.45) is 0 Å². The molecular weight excluding hydrogens is 532 g/mol. The van der Waals surface area contributed by atoms with Gasteiger partial charge in [-0.2, -0.15) is 0 Å². The molecule has 1 saturated carbocycles. The van der Waals surface area contributed by atoms with Gasteiger partial charge in [0.1, 0.15) is 0 Å². The van der Waals surface area contributed by atoms with Gasteiger partial charge in [-0.15, -0.1) is 17.7 Å². The second-order valence-electron chi connectivity index (χ2n) is 6.80. The second-order valence-corrected chi connectivity index (χ2v) is 9.02. The Hall–Kier alpha value is -2.77. The van der Waals surface area contributed by atoms with Crippen molar-refractivity contribution in [2.75, 3.05) is 0 Å². The molecule has 0 heterocycles. The molecule has 35 heavy (non-hydrogen) atoms. The van der Waals surface area contributed by atoms with Gasteiger partial charge in [-0.05, 0) is 55.9 Å². The maximum absolute atomic E-state index is 7.50. The van der Waals surface area contributed by atoms with Gasteiger partial charge in [0, 0.05) is 0 Å². The fourth-order valence-corrected chi connectivity index (χ4v) is 5.33. The predicted octanol–water partition coefficient (Wildman–Crippen LogP) is 6.05. The first-order valence-electron chi connectivity index (χ1n) is 10.7. The monoisotopic (exact) mass is 558 g/mol. The van der Waals surface area contributed by atoms with E-state index in [2.05, 4.69) is 104 Å². The summed E-state index contributed by atoms with van der Waals surface area (Å²) in [5.41, 5.74) is 0.826. The Morgan fingerprint density at radius 1 is 0.457 bits per heavy atom. The summed E-state index contributed by atoms with van der Waals surface area (Å²) in [6, 6.07) is 41.7. The molecule has 0 amide bonds. The molecule has 4 aromatic carbocycles. The van der Waals surface area contributed by atoms with Crippen LogP contribution in [0.5, 0.6) is 0 Å². The molecule has 0 unspecified atom stereocenters. The SMILES string of the molecule is [C-]#Cc1ccccc1.[C-]#[O+].[CH]1[CH][CH][CH][CH]1.[Ru+].c1ccc(P(c2ccccc2)c2ccccc2)cc1. The summed E-state index contributed by atoms with van der Waals surface area (Å²) in [5, 5.41) is 4.19. The second kappa shape index (κ2) is 19.5. The number of rotatable bonds is 3. The van der Waals surface area contributed by atoms with Crippen LogP contribution in [0.15, 0.2) is 121 Å². The average molecular weight is 558 g/mol. The maximum Gasteiger partial charge on any atom is 1.00 e. The first kappa shape index (κ1) is 30.3. The minimum absolute atomic E-state index is 0. The standard InChI is InChI=1S/C18H15P.C8H5.C5H5.CO.Ru/c1-4-10-16(11-5-1)19(17-12-6-2-7-13-17)18-14-8-3-9-15-18;1-2-8-6-4-3-5-7-8;1-2-4-5-3-1;1-2;/h1-15H;3-7H;1-5H;;/q;-1;;;+1. The van der Waals surface area contributed by atoms with Gasteiger partial charge >= 0.3 is 30.8 Å². The van der Waals surface area contributed by atoms with Crippen LogP contribution < -0.4 is 15.9 Å². The minimum Gasteiger partial charge on any atom is -0.0622 e. The third kappa shape index (κ3) is 11.5. The van der Waals surface area contributed by atoms with Crippen molar-refractivity contribution in [1.29, 1.82) is 0 Å². The zero-order chi connectivity index (χ0) is 24.3. The number of benzene rings is 4. The van der Waals surface area contributed by atoms with E-state index in [1.165, 1.54) is 15.9 Å². The van der Waals surface area contributed by atoms with Crippen molar-refractivity contribution < 1.29 is 24.1 Å². The molecule has 172 valence electrons. The van der Waals surface area contributed by atoms with Gasteiger partial charge < -0.3 is 6.42 Å². The molecule has 1 fully saturated rings. The molecule has 0 spiro atoms. The van der Waals surface area contributed by atoms with Crippen LogP contribution in [-0.2, 0) is 24.1 Å². The van der Waals surface area contributed by atoms with Crippen LogP contribution in [0.1, 0.15) is 5.56 Å². The molecule has 0 bridgehead atoms. The van der Waals surface area contributed by atoms with Gasteiger partial charge in [-0.25, -0.2) is 0 Å².